The normalized spacial score (nSPS) is 15.3. The van der Waals surface area contributed by atoms with E-state index in [1.165, 1.54) is 11.8 Å². The number of rotatable bonds is 9. The number of hydrogen-bond acceptors (Lipinski definition) is 6. The summed E-state index contributed by atoms with van der Waals surface area (Å²) in [6.07, 6.45) is -0.458. The van der Waals surface area contributed by atoms with E-state index in [0.29, 0.717) is 5.75 Å². The largest absolute Gasteiger partial charge is 0.479 e. The van der Waals surface area contributed by atoms with Crippen molar-refractivity contribution in [2.24, 2.45) is 0 Å². The Balaban J connectivity index is 4.47. The molecule has 7 nitrogen and oxygen atoms in total. The minimum absolute atomic E-state index is 0.0570. The van der Waals surface area contributed by atoms with Gasteiger partial charge in [0.2, 0.25) is 0 Å². The lowest BCUT2D eigenvalue weighted by Crippen LogP contribution is -2.47. The fourth-order valence-corrected chi connectivity index (χ4v) is 1.87. The average molecular weight is 294 g/mol. The second-order valence-electron chi connectivity index (χ2n) is 4.01. The third-order valence-electron chi connectivity index (χ3n) is 2.21. The number of esters is 1. The molecule has 0 aromatic heterocycles. The molecule has 0 bridgehead atoms. The summed E-state index contributed by atoms with van der Waals surface area (Å²) < 4.78 is 4.54. The molecule has 8 heteroatoms. The first kappa shape index (κ1) is 17.7. The maximum Gasteiger partial charge on any atom is 0.350 e. The molecule has 0 aromatic carbocycles. The van der Waals surface area contributed by atoms with E-state index in [1.54, 1.807) is 0 Å². The highest BCUT2D eigenvalue weighted by Gasteiger charge is 2.42. The van der Waals surface area contributed by atoms with Crippen LogP contribution in [-0.2, 0) is 19.1 Å². The van der Waals surface area contributed by atoms with Gasteiger partial charge in [0.25, 0.3) is 5.60 Å². The second kappa shape index (κ2) is 8.00. The van der Waals surface area contributed by atoms with Crippen LogP contribution in [0.4, 0.5) is 0 Å². The van der Waals surface area contributed by atoms with Gasteiger partial charge in [0.1, 0.15) is 0 Å². The minimum Gasteiger partial charge on any atom is -0.479 e. The number of aliphatic carboxylic acids is 2. The van der Waals surface area contributed by atoms with Gasteiger partial charge >= 0.3 is 17.9 Å². The molecular formula is C11H18O7S. The minimum atomic E-state index is -2.75. The van der Waals surface area contributed by atoms with Gasteiger partial charge < -0.3 is 20.1 Å². The van der Waals surface area contributed by atoms with Gasteiger partial charge in [0.15, 0.2) is 6.10 Å². The molecule has 0 rings (SSSR count). The van der Waals surface area contributed by atoms with Gasteiger partial charge in [0, 0.05) is 6.42 Å². The first-order valence-corrected chi connectivity index (χ1v) is 6.86. The number of thioether (sulfide) groups is 1. The van der Waals surface area contributed by atoms with Crippen molar-refractivity contribution < 1.29 is 34.4 Å². The SMILES string of the molecule is CCCSCCC(OC(=O)C(C)(O)C(=O)O)C(=O)O. The molecule has 0 aliphatic rings. The smallest absolute Gasteiger partial charge is 0.350 e. The van der Waals surface area contributed by atoms with Crippen molar-refractivity contribution in [2.45, 2.75) is 38.4 Å². The van der Waals surface area contributed by atoms with Crippen LogP contribution in [0.25, 0.3) is 0 Å². The summed E-state index contributed by atoms with van der Waals surface area (Å²) in [5.74, 6) is -3.32. The van der Waals surface area contributed by atoms with Gasteiger partial charge in [0.05, 0.1) is 0 Å². The molecule has 0 amide bonds. The van der Waals surface area contributed by atoms with Crippen LogP contribution in [0.15, 0.2) is 0 Å². The quantitative estimate of drug-likeness (QED) is 0.316. The van der Waals surface area contributed by atoms with Crippen LogP contribution in [-0.4, -0.2) is 56.4 Å². The summed E-state index contributed by atoms with van der Waals surface area (Å²) >= 11 is 1.51. The van der Waals surface area contributed by atoms with Gasteiger partial charge in [-0.2, -0.15) is 11.8 Å². The van der Waals surface area contributed by atoms with Crippen LogP contribution in [0.3, 0.4) is 0 Å². The van der Waals surface area contributed by atoms with Crippen LogP contribution >= 0.6 is 11.8 Å². The van der Waals surface area contributed by atoms with E-state index in [2.05, 4.69) is 4.74 Å². The predicted molar refractivity (Wildman–Crippen MR) is 68.0 cm³/mol. The highest BCUT2D eigenvalue weighted by atomic mass is 32.2. The molecule has 3 N–H and O–H groups in total. The van der Waals surface area contributed by atoms with Gasteiger partial charge in [-0.15, -0.1) is 0 Å². The van der Waals surface area contributed by atoms with Crippen molar-refractivity contribution in [1.29, 1.82) is 0 Å². The maximum atomic E-state index is 11.4. The lowest BCUT2D eigenvalue weighted by molar-refractivity contribution is -0.185. The molecule has 0 aliphatic heterocycles. The monoisotopic (exact) mass is 294 g/mol. The van der Waals surface area contributed by atoms with Crippen molar-refractivity contribution in [1.82, 2.24) is 0 Å². The Labute approximate surface area is 114 Å². The van der Waals surface area contributed by atoms with Crippen LogP contribution < -0.4 is 0 Å². The number of hydrogen-bond donors (Lipinski definition) is 3. The van der Waals surface area contributed by atoms with Gasteiger partial charge in [-0.1, -0.05) is 6.92 Å². The zero-order valence-corrected chi connectivity index (χ0v) is 11.6. The molecule has 0 aromatic rings. The molecule has 2 unspecified atom stereocenters. The number of aliphatic hydroxyl groups is 1. The Kier molecular flexibility index (Phi) is 7.47. The molecule has 0 heterocycles. The van der Waals surface area contributed by atoms with Gasteiger partial charge in [-0.3, -0.25) is 0 Å². The molecule has 0 spiro atoms. The highest BCUT2D eigenvalue weighted by Crippen LogP contribution is 2.13. The Hall–Kier alpha value is -1.28. The third kappa shape index (κ3) is 5.93. The number of carboxylic acids is 2. The van der Waals surface area contributed by atoms with E-state index in [-0.39, 0.29) is 6.42 Å². The molecule has 0 aliphatic carbocycles. The Morgan fingerprint density at radius 1 is 1.26 bits per heavy atom. The number of carboxylic acid groups (broad SMARTS) is 2. The van der Waals surface area contributed by atoms with Gasteiger partial charge in [-0.25, -0.2) is 14.4 Å². The fraction of sp³-hybridized carbons (Fsp3) is 0.727. The Morgan fingerprint density at radius 3 is 2.26 bits per heavy atom. The lowest BCUT2D eigenvalue weighted by Gasteiger charge is -2.20. The molecule has 0 radical (unpaired) electrons. The molecular weight excluding hydrogens is 276 g/mol. The standard InChI is InChI=1S/C11H18O7S/c1-3-5-19-6-4-7(8(12)13)18-10(16)11(2,17)9(14)15/h7,17H,3-6H2,1-2H3,(H,12,13)(H,14,15). The summed E-state index contributed by atoms with van der Waals surface area (Å²) in [5.41, 5.74) is -2.75. The Bertz CT molecular complexity index is 340. The van der Waals surface area contributed by atoms with E-state index in [0.717, 1.165) is 19.1 Å². The first-order valence-electron chi connectivity index (χ1n) is 5.70. The topological polar surface area (TPSA) is 121 Å². The van der Waals surface area contributed by atoms with E-state index >= 15 is 0 Å². The number of carbonyl (C=O) groups excluding carboxylic acids is 1. The zero-order valence-electron chi connectivity index (χ0n) is 10.8. The highest BCUT2D eigenvalue weighted by molar-refractivity contribution is 7.99. The summed E-state index contributed by atoms with van der Waals surface area (Å²) in [5, 5.41) is 26.8. The van der Waals surface area contributed by atoms with E-state index in [4.69, 9.17) is 10.2 Å². The number of carbonyl (C=O) groups is 3. The summed E-state index contributed by atoms with van der Waals surface area (Å²) in [6.45, 7) is 2.72. The zero-order chi connectivity index (χ0) is 15.1. The molecule has 19 heavy (non-hydrogen) atoms. The molecule has 0 saturated carbocycles. The Morgan fingerprint density at radius 2 is 1.84 bits per heavy atom. The van der Waals surface area contributed by atoms with Crippen molar-refractivity contribution in [3.05, 3.63) is 0 Å². The van der Waals surface area contributed by atoms with Gasteiger partial charge in [-0.05, 0) is 24.9 Å². The number of ether oxygens (including phenoxy) is 1. The maximum absolute atomic E-state index is 11.4. The average Bonchev–Trinajstić information content (AvgIpc) is 2.32. The van der Waals surface area contributed by atoms with Crippen LogP contribution in [0.2, 0.25) is 0 Å². The third-order valence-corrected chi connectivity index (χ3v) is 3.43. The summed E-state index contributed by atoms with van der Waals surface area (Å²) in [7, 11) is 0. The lowest BCUT2D eigenvalue weighted by atomic mass is 10.1. The molecule has 0 fully saturated rings. The van der Waals surface area contributed by atoms with E-state index < -0.39 is 29.6 Å². The van der Waals surface area contributed by atoms with Crippen molar-refractivity contribution in [3.63, 3.8) is 0 Å². The first-order chi connectivity index (χ1) is 8.73. The summed E-state index contributed by atoms with van der Waals surface area (Å²) in [6, 6.07) is 0. The van der Waals surface area contributed by atoms with E-state index in [9.17, 15) is 19.5 Å². The molecule has 2 atom stereocenters. The van der Waals surface area contributed by atoms with Crippen molar-refractivity contribution >= 4 is 29.7 Å². The van der Waals surface area contributed by atoms with Crippen molar-refractivity contribution in [2.75, 3.05) is 11.5 Å². The molecule has 0 saturated heterocycles. The van der Waals surface area contributed by atoms with Crippen molar-refractivity contribution in [3.8, 4) is 0 Å². The fourth-order valence-electron chi connectivity index (χ4n) is 1.00. The van der Waals surface area contributed by atoms with E-state index in [1.807, 2.05) is 6.92 Å². The predicted octanol–water partition coefficient (Wildman–Crippen LogP) is 0.352. The van der Waals surface area contributed by atoms with Crippen LogP contribution in [0.5, 0.6) is 0 Å². The van der Waals surface area contributed by atoms with Crippen LogP contribution in [0.1, 0.15) is 26.7 Å². The van der Waals surface area contributed by atoms with Crippen LogP contribution in [0, 0.1) is 0 Å². The molecule has 110 valence electrons. The second-order valence-corrected chi connectivity index (χ2v) is 5.24. The summed E-state index contributed by atoms with van der Waals surface area (Å²) in [4.78, 5) is 32.9.